The van der Waals surface area contributed by atoms with Gasteiger partial charge < -0.3 is 18.9 Å². The number of methoxy groups -OCH3 is 1. The average molecular weight is 512 g/mol. The molecule has 0 amide bonds. The van der Waals surface area contributed by atoms with Gasteiger partial charge in [-0.15, -0.1) is 0 Å². The van der Waals surface area contributed by atoms with Gasteiger partial charge in [0.15, 0.2) is 0 Å². The first-order valence-corrected chi connectivity index (χ1v) is 11.5. The van der Waals surface area contributed by atoms with Crippen LogP contribution in [0.1, 0.15) is 22.8 Å². The van der Waals surface area contributed by atoms with Gasteiger partial charge in [-0.05, 0) is 41.0 Å². The fourth-order valence-corrected chi connectivity index (χ4v) is 3.97. The molecule has 1 N–H and O–H groups in total. The highest BCUT2D eigenvalue weighted by molar-refractivity contribution is 7.88. The van der Waals surface area contributed by atoms with Gasteiger partial charge >= 0.3 is 21.3 Å². The van der Waals surface area contributed by atoms with Crippen molar-refractivity contribution >= 4 is 16.1 Å². The second kappa shape index (κ2) is 9.19. The molecular weight excluding hydrogens is 493 g/mol. The maximum atomic E-state index is 12.5. The number of aromatic nitrogens is 3. The number of hydrogen-bond donors (Lipinski definition) is 1. The summed E-state index contributed by atoms with van der Waals surface area (Å²) in [6.07, 6.45) is 0.431. The molecule has 0 saturated heterocycles. The number of benzene rings is 2. The van der Waals surface area contributed by atoms with Crippen molar-refractivity contribution in [2.24, 2.45) is 0 Å². The number of aliphatic hydroxyl groups excluding tert-OH is 1. The zero-order valence-electron chi connectivity index (χ0n) is 18.1. The molecule has 1 atom stereocenters. The van der Waals surface area contributed by atoms with Crippen LogP contribution in [-0.2, 0) is 23.2 Å². The lowest BCUT2D eigenvalue weighted by Gasteiger charge is -2.32. The molecule has 0 fully saturated rings. The molecule has 2 heterocycles. The summed E-state index contributed by atoms with van der Waals surface area (Å²) in [5.74, 6) is 0.233. The molecule has 1 unspecified atom stereocenters. The Morgan fingerprint density at radius 2 is 1.83 bits per heavy atom. The van der Waals surface area contributed by atoms with Crippen LogP contribution in [0.4, 0.5) is 19.1 Å². The molecule has 0 radical (unpaired) electrons. The van der Waals surface area contributed by atoms with Gasteiger partial charge in [-0.2, -0.15) is 26.6 Å². The summed E-state index contributed by atoms with van der Waals surface area (Å²) in [5.41, 5.74) is -4.14. The standard InChI is InChI=1S/C21H19F3N4O6S/c1-33-16-7-4-14-10-27(11-18(29)17(14)8-16)19-25-12-28(20(30)26-19)9-13-2-5-15(6-3-13)34-35(31,32)21(22,23)24/h2-8,12,18,29H,9-11H2,1H3. The quantitative estimate of drug-likeness (QED) is 0.390. The van der Waals surface area contributed by atoms with E-state index in [0.717, 1.165) is 23.3 Å². The number of nitrogens with zero attached hydrogens (tertiary/aromatic N) is 4. The van der Waals surface area contributed by atoms with Crippen LogP contribution in [-0.4, -0.2) is 47.2 Å². The van der Waals surface area contributed by atoms with Gasteiger partial charge in [0.05, 0.1) is 26.3 Å². The number of hydrogen-bond acceptors (Lipinski definition) is 9. The third kappa shape index (κ3) is 5.22. The highest BCUT2D eigenvalue weighted by Crippen LogP contribution is 2.31. The molecule has 3 aromatic rings. The lowest BCUT2D eigenvalue weighted by Crippen LogP contribution is -2.37. The van der Waals surface area contributed by atoms with Crippen LogP contribution >= 0.6 is 0 Å². The first kappa shape index (κ1) is 24.5. The van der Waals surface area contributed by atoms with E-state index in [4.69, 9.17) is 4.74 Å². The lowest BCUT2D eigenvalue weighted by molar-refractivity contribution is -0.0500. The molecule has 10 nitrogen and oxygen atoms in total. The summed E-state index contributed by atoms with van der Waals surface area (Å²) in [6, 6.07) is 10.0. The maximum absolute atomic E-state index is 12.5. The Labute approximate surface area is 197 Å². The Morgan fingerprint density at radius 1 is 1.14 bits per heavy atom. The van der Waals surface area contributed by atoms with Crippen LogP contribution in [0.15, 0.2) is 53.6 Å². The molecule has 35 heavy (non-hydrogen) atoms. The van der Waals surface area contributed by atoms with Crippen molar-refractivity contribution in [1.29, 1.82) is 0 Å². The number of β-amino-alcohol motifs (C(OH)–C–C–N with tert-alkyl or cyclic N) is 1. The van der Waals surface area contributed by atoms with Crippen LogP contribution in [0, 0.1) is 0 Å². The lowest BCUT2D eigenvalue weighted by atomic mass is 9.97. The first-order valence-electron chi connectivity index (χ1n) is 10.1. The molecule has 0 saturated carbocycles. The Bertz CT molecular complexity index is 1390. The summed E-state index contributed by atoms with van der Waals surface area (Å²) in [6.45, 7) is 0.532. The molecule has 0 aliphatic carbocycles. The number of halogens is 3. The Kier molecular flexibility index (Phi) is 6.42. The van der Waals surface area contributed by atoms with Gasteiger partial charge in [0, 0.05) is 6.54 Å². The zero-order valence-corrected chi connectivity index (χ0v) is 19.0. The Morgan fingerprint density at radius 3 is 2.46 bits per heavy atom. The summed E-state index contributed by atoms with van der Waals surface area (Å²) < 4.78 is 69.9. The minimum atomic E-state index is -5.77. The molecule has 4 rings (SSSR count). The van der Waals surface area contributed by atoms with Crippen molar-refractivity contribution in [3.63, 3.8) is 0 Å². The monoisotopic (exact) mass is 512 g/mol. The summed E-state index contributed by atoms with van der Waals surface area (Å²) in [4.78, 5) is 22.4. The molecular formula is C21H19F3N4O6S. The smallest absolute Gasteiger partial charge is 0.497 e. The predicted molar refractivity (Wildman–Crippen MR) is 116 cm³/mol. The minimum Gasteiger partial charge on any atom is -0.497 e. The maximum Gasteiger partial charge on any atom is 0.534 e. The van der Waals surface area contributed by atoms with Crippen LogP contribution in [0.2, 0.25) is 0 Å². The minimum absolute atomic E-state index is 0.0172. The topological polar surface area (TPSA) is 124 Å². The van der Waals surface area contributed by atoms with E-state index in [-0.39, 0.29) is 19.0 Å². The van der Waals surface area contributed by atoms with Crippen molar-refractivity contribution in [2.45, 2.75) is 24.7 Å². The molecule has 1 aliphatic heterocycles. The highest BCUT2D eigenvalue weighted by Gasteiger charge is 2.48. The van der Waals surface area contributed by atoms with Crippen molar-refractivity contribution < 1.29 is 35.6 Å². The van der Waals surface area contributed by atoms with E-state index in [1.165, 1.54) is 30.1 Å². The van der Waals surface area contributed by atoms with Crippen molar-refractivity contribution in [3.8, 4) is 11.5 Å². The van der Waals surface area contributed by atoms with Crippen molar-refractivity contribution in [2.75, 3.05) is 18.6 Å². The van der Waals surface area contributed by atoms with Gasteiger partial charge in [-0.3, -0.25) is 4.57 Å². The predicted octanol–water partition coefficient (Wildman–Crippen LogP) is 1.98. The number of rotatable bonds is 6. The summed E-state index contributed by atoms with van der Waals surface area (Å²) >= 11 is 0. The number of aliphatic hydroxyl groups is 1. The van der Waals surface area contributed by atoms with Gasteiger partial charge in [-0.1, -0.05) is 18.2 Å². The van der Waals surface area contributed by atoms with Crippen molar-refractivity contribution in [3.05, 3.63) is 76.0 Å². The molecule has 2 aromatic carbocycles. The van der Waals surface area contributed by atoms with E-state index in [2.05, 4.69) is 14.2 Å². The second-order valence-electron chi connectivity index (χ2n) is 7.66. The molecule has 0 bridgehead atoms. The van der Waals surface area contributed by atoms with E-state index in [0.29, 0.717) is 17.9 Å². The van der Waals surface area contributed by atoms with E-state index >= 15 is 0 Å². The molecule has 1 aliphatic rings. The second-order valence-corrected chi connectivity index (χ2v) is 9.19. The number of alkyl halides is 3. The van der Waals surface area contributed by atoms with Crippen molar-refractivity contribution in [1.82, 2.24) is 14.5 Å². The van der Waals surface area contributed by atoms with E-state index in [1.807, 2.05) is 6.07 Å². The van der Waals surface area contributed by atoms with Gasteiger partial charge in [0.2, 0.25) is 5.95 Å². The van der Waals surface area contributed by atoms with Crippen LogP contribution in [0.25, 0.3) is 0 Å². The van der Waals surface area contributed by atoms with E-state index in [9.17, 15) is 31.5 Å². The zero-order chi connectivity index (χ0) is 25.4. The Hall–Kier alpha value is -3.65. The summed E-state index contributed by atoms with van der Waals surface area (Å²) in [7, 11) is -4.24. The SMILES string of the molecule is COc1ccc2c(c1)C(O)CN(c1ncn(Cc3ccc(OS(=O)(=O)C(F)(F)F)cc3)c(=O)n1)C2. The van der Waals surface area contributed by atoms with Crippen LogP contribution < -0.4 is 19.5 Å². The molecule has 1 aromatic heterocycles. The van der Waals surface area contributed by atoms with E-state index < -0.39 is 33.2 Å². The largest absolute Gasteiger partial charge is 0.534 e. The van der Waals surface area contributed by atoms with Gasteiger partial charge in [0.25, 0.3) is 0 Å². The Balaban J connectivity index is 1.47. The first-order chi connectivity index (χ1) is 16.5. The number of fused-ring (bicyclic) bond motifs is 1. The van der Waals surface area contributed by atoms with Crippen LogP contribution in [0.3, 0.4) is 0 Å². The molecule has 186 valence electrons. The number of anilines is 1. The molecule has 14 heteroatoms. The fraction of sp³-hybridized carbons (Fsp3) is 0.286. The van der Waals surface area contributed by atoms with Crippen LogP contribution in [0.5, 0.6) is 11.5 Å². The normalized spacial score (nSPS) is 16.0. The number of ether oxygens (including phenoxy) is 1. The highest BCUT2D eigenvalue weighted by atomic mass is 32.2. The summed E-state index contributed by atoms with van der Waals surface area (Å²) in [5, 5.41) is 10.5. The van der Waals surface area contributed by atoms with Gasteiger partial charge in [0.1, 0.15) is 17.8 Å². The van der Waals surface area contributed by atoms with Gasteiger partial charge in [-0.25, -0.2) is 9.78 Å². The molecule has 0 spiro atoms. The average Bonchev–Trinajstić information content (AvgIpc) is 2.80. The fourth-order valence-electron chi connectivity index (χ4n) is 3.52. The van der Waals surface area contributed by atoms with E-state index in [1.54, 1.807) is 17.0 Å². The third-order valence-electron chi connectivity index (χ3n) is 5.27. The third-order valence-corrected chi connectivity index (χ3v) is 6.25.